The highest BCUT2D eigenvalue weighted by atomic mass is 16.5. The van der Waals surface area contributed by atoms with Crippen LogP contribution < -0.4 is 15.2 Å². The van der Waals surface area contributed by atoms with Gasteiger partial charge in [-0.3, -0.25) is 4.79 Å². The van der Waals surface area contributed by atoms with Crippen molar-refractivity contribution in [1.29, 1.82) is 0 Å². The first-order chi connectivity index (χ1) is 12.7. The standard InChI is InChI=1S/C22H21NO3/c23-21(24)14-19-12-7-13-20(25-15-17-8-3-1-4-9-17)22(19)26-16-18-10-5-2-6-11-18/h1-13H,14-16H2,(H2,23,24). The maximum Gasteiger partial charge on any atom is 0.221 e. The van der Waals surface area contributed by atoms with Gasteiger partial charge in [0, 0.05) is 5.56 Å². The van der Waals surface area contributed by atoms with Crippen molar-refractivity contribution in [3.8, 4) is 11.5 Å². The number of nitrogens with two attached hydrogens (primary N) is 1. The fraction of sp³-hybridized carbons (Fsp3) is 0.136. The van der Waals surface area contributed by atoms with E-state index in [0.717, 1.165) is 16.7 Å². The molecule has 26 heavy (non-hydrogen) atoms. The maximum absolute atomic E-state index is 11.4. The minimum Gasteiger partial charge on any atom is -0.485 e. The van der Waals surface area contributed by atoms with Crippen molar-refractivity contribution >= 4 is 5.91 Å². The van der Waals surface area contributed by atoms with E-state index in [0.29, 0.717) is 24.7 Å². The third kappa shape index (κ3) is 4.86. The second-order valence-corrected chi connectivity index (χ2v) is 5.94. The molecule has 3 aromatic carbocycles. The summed E-state index contributed by atoms with van der Waals surface area (Å²) >= 11 is 0. The number of carbonyl (C=O) groups excluding carboxylic acids is 1. The van der Waals surface area contributed by atoms with Gasteiger partial charge >= 0.3 is 0 Å². The molecule has 3 aromatic rings. The predicted molar refractivity (Wildman–Crippen MR) is 101 cm³/mol. The van der Waals surface area contributed by atoms with Crippen LogP contribution in [0.4, 0.5) is 0 Å². The van der Waals surface area contributed by atoms with Gasteiger partial charge in [0.05, 0.1) is 6.42 Å². The molecule has 0 saturated heterocycles. The molecule has 0 unspecified atom stereocenters. The first-order valence-electron chi connectivity index (χ1n) is 8.46. The van der Waals surface area contributed by atoms with Crippen LogP contribution in [-0.2, 0) is 24.4 Å². The minimum absolute atomic E-state index is 0.104. The lowest BCUT2D eigenvalue weighted by molar-refractivity contribution is -0.117. The van der Waals surface area contributed by atoms with Crippen molar-refractivity contribution in [1.82, 2.24) is 0 Å². The molecule has 2 N–H and O–H groups in total. The Kier molecular flexibility index (Phi) is 5.88. The van der Waals surface area contributed by atoms with E-state index in [9.17, 15) is 4.79 Å². The molecule has 0 aliphatic heterocycles. The second-order valence-electron chi connectivity index (χ2n) is 5.94. The van der Waals surface area contributed by atoms with Gasteiger partial charge in [-0.15, -0.1) is 0 Å². The molecule has 1 amide bonds. The van der Waals surface area contributed by atoms with Crippen LogP contribution in [0.2, 0.25) is 0 Å². The molecule has 0 bridgehead atoms. The average Bonchev–Trinajstić information content (AvgIpc) is 2.67. The number of amides is 1. The fourth-order valence-electron chi connectivity index (χ4n) is 2.63. The summed E-state index contributed by atoms with van der Waals surface area (Å²) in [6.07, 6.45) is 0.104. The topological polar surface area (TPSA) is 61.6 Å². The molecule has 0 spiro atoms. The largest absolute Gasteiger partial charge is 0.485 e. The lowest BCUT2D eigenvalue weighted by atomic mass is 10.1. The molecule has 0 aliphatic carbocycles. The molecule has 132 valence electrons. The number of carbonyl (C=O) groups is 1. The Labute approximate surface area is 153 Å². The SMILES string of the molecule is NC(=O)Cc1cccc(OCc2ccccc2)c1OCc1ccccc1. The molecule has 4 nitrogen and oxygen atoms in total. The van der Waals surface area contributed by atoms with Gasteiger partial charge in [-0.2, -0.15) is 0 Å². The Morgan fingerprint density at radius 3 is 1.88 bits per heavy atom. The van der Waals surface area contributed by atoms with E-state index in [1.165, 1.54) is 0 Å². The normalized spacial score (nSPS) is 10.3. The van der Waals surface area contributed by atoms with Crippen molar-refractivity contribution < 1.29 is 14.3 Å². The molecular weight excluding hydrogens is 326 g/mol. The van der Waals surface area contributed by atoms with E-state index in [-0.39, 0.29) is 6.42 Å². The molecule has 3 rings (SSSR count). The first kappa shape index (κ1) is 17.5. The van der Waals surface area contributed by atoms with Crippen LogP contribution in [0.25, 0.3) is 0 Å². The number of primary amides is 1. The smallest absolute Gasteiger partial charge is 0.221 e. The molecular formula is C22H21NO3. The van der Waals surface area contributed by atoms with Crippen molar-refractivity contribution in [3.05, 3.63) is 95.6 Å². The third-order valence-corrected chi connectivity index (χ3v) is 3.89. The highest BCUT2D eigenvalue weighted by molar-refractivity contribution is 5.77. The van der Waals surface area contributed by atoms with Crippen LogP contribution in [0.15, 0.2) is 78.9 Å². The van der Waals surface area contributed by atoms with Crippen molar-refractivity contribution in [2.45, 2.75) is 19.6 Å². The summed E-state index contributed by atoms with van der Waals surface area (Å²) in [6.45, 7) is 0.806. The van der Waals surface area contributed by atoms with Gasteiger partial charge in [0.25, 0.3) is 0 Å². The number of ether oxygens (including phenoxy) is 2. The zero-order chi connectivity index (χ0) is 18.2. The minimum atomic E-state index is -0.408. The predicted octanol–water partition coefficient (Wildman–Crippen LogP) is 3.87. The average molecular weight is 347 g/mol. The summed E-state index contributed by atoms with van der Waals surface area (Å²) in [4.78, 5) is 11.4. The van der Waals surface area contributed by atoms with Crippen molar-refractivity contribution in [2.75, 3.05) is 0 Å². The summed E-state index contributed by atoms with van der Waals surface area (Å²) < 4.78 is 12.0. The number of rotatable bonds is 8. The monoisotopic (exact) mass is 347 g/mol. The van der Waals surface area contributed by atoms with Gasteiger partial charge in [0.1, 0.15) is 13.2 Å². The quantitative estimate of drug-likeness (QED) is 0.673. The highest BCUT2D eigenvalue weighted by Crippen LogP contribution is 2.33. The van der Waals surface area contributed by atoms with Gasteiger partial charge in [-0.05, 0) is 17.2 Å². The molecule has 0 aromatic heterocycles. The summed E-state index contributed by atoms with van der Waals surface area (Å²) in [5.74, 6) is 0.754. The highest BCUT2D eigenvalue weighted by Gasteiger charge is 2.14. The van der Waals surface area contributed by atoms with Crippen LogP contribution in [0.3, 0.4) is 0 Å². The van der Waals surface area contributed by atoms with E-state index >= 15 is 0 Å². The van der Waals surface area contributed by atoms with Gasteiger partial charge in [-0.1, -0.05) is 72.8 Å². The third-order valence-electron chi connectivity index (χ3n) is 3.89. The van der Waals surface area contributed by atoms with E-state index in [4.69, 9.17) is 15.2 Å². The molecule has 0 saturated carbocycles. The van der Waals surface area contributed by atoms with E-state index in [1.807, 2.05) is 78.9 Å². The molecule has 0 radical (unpaired) electrons. The van der Waals surface area contributed by atoms with Crippen LogP contribution in [0.1, 0.15) is 16.7 Å². The van der Waals surface area contributed by atoms with Crippen LogP contribution >= 0.6 is 0 Å². The summed E-state index contributed by atoms with van der Waals surface area (Å²) in [6, 6.07) is 25.3. The van der Waals surface area contributed by atoms with Gasteiger partial charge in [0.2, 0.25) is 5.91 Å². The molecule has 0 aliphatic rings. The lowest BCUT2D eigenvalue weighted by Gasteiger charge is -2.16. The van der Waals surface area contributed by atoms with E-state index in [1.54, 1.807) is 0 Å². The van der Waals surface area contributed by atoms with Crippen molar-refractivity contribution in [3.63, 3.8) is 0 Å². The van der Waals surface area contributed by atoms with Gasteiger partial charge < -0.3 is 15.2 Å². The van der Waals surface area contributed by atoms with Crippen LogP contribution in [0, 0.1) is 0 Å². The van der Waals surface area contributed by atoms with Crippen molar-refractivity contribution in [2.24, 2.45) is 5.73 Å². The zero-order valence-electron chi connectivity index (χ0n) is 14.4. The van der Waals surface area contributed by atoms with Gasteiger partial charge in [-0.25, -0.2) is 0 Å². The number of hydrogen-bond acceptors (Lipinski definition) is 3. The zero-order valence-corrected chi connectivity index (χ0v) is 14.4. The lowest BCUT2D eigenvalue weighted by Crippen LogP contribution is -2.15. The van der Waals surface area contributed by atoms with Crippen LogP contribution in [-0.4, -0.2) is 5.91 Å². The Morgan fingerprint density at radius 2 is 1.31 bits per heavy atom. The maximum atomic E-state index is 11.4. The molecule has 4 heteroatoms. The van der Waals surface area contributed by atoms with E-state index < -0.39 is 5.91 Å². The number of hydrogen-bond donors (Lipinski definition) is 1. The van der Waals surface area contributed by atoms with Gasteiger partial charge in [0.15, 0.2) is 11.5 Å². The summed E-state index contributed by atoms with van der Waals surface area (Å²) in [5, 5.41) is 0. The molecule has 0 heterocycles. The Balaban J connectivity index is 1.81. The Morgan fingerprint density at radius 1 is 0.731 bits per heavy atom. The second kappa shape index (κ2) is 8.72. The number of para-hydroxylation sites is 1. The van der Waals surface area contributed by atoms with Crippen LogP contribution in [0.5, 0.6) is 11.5 Å². The van der Waals surface area contributed by atoms with E-state index in [2.05, 4.69) is 0 Å². The number of benzene rings is 3. The summed E-state index contributed by atoms with van der Waals surface area (Å²) in [5.41, 5.74) is 8.20. The Hall–Kier alpha value is -3.27. The molecule has 0 fully saturated rings. The first-order valence-corrected chi connectivity index (χ1v) is 8.46. The summed E-state index contributed by atoms with van der Waals surface area (Å²) in [7, 11) is 0. The molecule has 0 atom stereocenters. The fourth-order valence-corrected chi connectivity index (χ4v) is 2.63. The Bertz CT molecular complexity index is 848.